The highest BCUT2D eigenvalue weighted by molar-refractivity contribution is 7.89. The van der Waals surface area contributed by atoms with E-state index in [0.29, 0.717) is 18.2 Å². The third kappa shape index (κ3) is 5.07. The minimum atomic E-state index is -4.07. The number of fused-ring (bicyclic) bond motifs is 1. The third-order valence-electron chi connectivity index (χ3n) is 6.46. The number of nitrogens with zero attached hydrogens (tertiary/aromatic N) is 3. The van der Waals surface area contributed by atoms with Crippen LogP contribution in [0.4, 0.5) is 10.2 Å². The SMILES string of the molecule is CN(C)c1ccc(-c2cccc(CNC(=O)C3CCCN3S(=O)(=O)c3cc4cc(F)ccc4o3)c2)cn1. The van der Waals surface area contributed by atoms with Crippen molar-refractivity contribution >= 4 is 32.7 Å². The molecule has 3 heterocycles. The summed E-state index contributed by atoms with van der Waals surface area (Å²) in [5.74, 6) is 0.00488. The molecule has 0 saturated carbocycles. The predicted molar refractivity (Wildman–Crippen MR) is 139 cm³/mol. The first kappa shape index (κ1) is 24.9. The largest absolute Gasteiger partial charge is 0.443 e. The number of anilines is 1. The van der Waals surface area contributed by atoms with E-state index in [1.807, 2.05) is 55.4 Å². The molecule has 1 aliphatic rings. The van der Waals surface area contributed by atoms with E-state index in [4.69, 9.17) is 4.42 Å². The lowest BCUT2D eigenvalue weighted by Gasteiger charge is -2.22. The number of pyridine rings is 1. The Morgan fingerprint density at radius 3 is 2.73 bits per heavy atom. The quantitative estimate of drug-likeness (QED) is 0.392. The molecule has 1 fully saturated rings. The molecule has 1 N–H and O–H groups in total. The van der Waals surface area contributed by atoms with Crippen molar-refractivity contribution in [1.29, 1.82) is 0 Å². The molecular weight excluding hydrogens is 495 g/mol. The second-order valence-corrected chi connectivity index (χ2v) is 11.1. The molecule has 5 rings (SSSR count). The number of hydrogen-bond acceptors (Lipinski definition) is 6. The summed E-state index contributed by atoms with van der Waals surface area (Å²) in [4.78, 5) is 19.4. The number of carbonyl (C=O) groups is 1. The van der Waals surface area contributed by atoms with Gasteiger partial charge in [0.05, 0.1) is 0 Å². The number of furan rings is 1. The Bertz CT molecular complexity index is 1550. The van der Waals surface area contributed by atoms with Crippen LogP contribution in [0.25, 0.3) is 22.1 Å². The van der Waals surface area contributed by atoms with Gasteiger partial charge in [-0.2, -0.15) is 4.31 Å². The van der Waals surface area contributed by atoms with Gasteiger partial charge in [0.15, 0.2) is 0 Å². The van der Waals surface area contributed by atoms with Crippen molar-refractivity contribution < 1.29 is 22.0 Å². The van der Waals surface area contributed by atoms with Gasteiger partial charge in [0, 0.05) is 50.4 Å². The highest BCUT2D eigenvalue weighted by atomic mass is 32.2. The van der Waals surface area contributed by atoms with Crippen molar-refractivity contribution in [3.05, 3.63) is 78.2 Å². The number of sulfonamides is 1. The average Bonchev–Trinajstić information content (AvgIpc) is 3.56. The molecule has 1 saturated heterocycles. The Balaban J connectivity index is 1.29. The zero-order chi connectivity index (χ0) is 26.2. The Hall–Kier alpha value is -3.76. The van der Waals surface area contributed by atoms with Crippen LogP contribution in [0.2, 0.25) is 0 Å². The van der Waals surface area contributed by atoms with E-state index >= 15 is 0 Å². The molecule has 0 spiro atoms. The second kappa shape index (κ2) is 9.95. The summed E-state index contributed by atoms with van der Waals surface area (Å²) >= 11 is 0. The molecule has 1 amide bonds. The van der Waals surface area contributed by atoms with Crippen molar-refractivity contribution in [3.63, 3.8) is 0 Å². The summed E-state index contributed by atoms with van der Waals surface area (Å²) in [6.07, 6.45) is 2.77. The van der Waals surface area contributed by atoms with Gasteiger partial charge < -0.3 is 14.6 Å². The number of amides is 1. The molecule has 0 bridgehead atoms. The fraction of sp³-hybridized carbons (Fsp3) is 0.259. The van der Waals surface area contributed by atoms with Crippen LogP contribution in [0.15, 0.2) is 76.4 Å². The summed E-state index contributed by atoms with van der Waals surface area (Å²) in [6, 6.07) is 16.0. The normalized spacial score (nSPS) is 16.2. The second-order valence-electron chi connectivity index (χ2n) is 9.24. The molecule has 37 heavy (non-hydrogen) atoms. The minimum Gasteiger partial charge on any atom is -0.443 e. The average molecular weight is 523 g/mol. The smallest absolute Gasteiger partial charge is 0.277 e. The third-order valence-corrected chi connectivity index (χ3v) is 8.22. The van der Waals surface area contributed by atoms with E-state index in [1.165, 1.54) is 28.6 Å². The molecule has 10 heteroatoms. The van der Waals surface area contributed by atoms with E-state index in [-0.39, 0.29) is 29.7 Å². The molecule has 8 nitrogen and oxygen atoms in total. The Labute approximate surface area is 214 Å². The van der Waals surface area contributed by atoms with Gasteiger partial charge in [0.2, 0.25) is 11.0 Å². The molecule has 0 aliphatic carbocycles. The molecule has 0 radical (unpaired) electrons. The molecule has 2 aromatic heterocycles. The molecule has 192 valence electrons. The van der Waals surface area contributed by atoms with Crippen LogP contribution in [-0.2, 0) is 21.4 Å². The molecule has 2 aromatic carbocycles. The number of carbonyl (C=O) groups excluding carboxylic acids is 1. The molecule has 1 atom stereocenters. The van der Waals surface area contributed by atoms with E-state index in [9.17, 15) is 17.6 Å². The van der Waals surface area contributed by atoms with E-state index in [0.717, 1.165) is 22.5 Å². The first-order valence-corrected chi connectivity index (χ1v) is 13.4. The topological polar surface area (TPSA) is 95.8 Å². The van der Waals surface area contributed by atoms with Crippen LogP contribution in [0.1, 0.15) is 18.4 Å². The van der Waals surface area contributed by atoms with Crippen molar-refractivity contribution in [1.82, 2.24) is 14.6 Å². The van der Waals surface area contributed by atoms with Gasteiger partial charge in [-0.3, -0.25) is 4.79 Å². The lowest BCUT2D eigenvalue weighted by atomic mass is 10.0. The lowest BCUT2D eigenvalue weighted by Crippen LogP contribution is -2.45. The van der Waals surface area contributed by atoms with Crippen molar-refractivity contribution in [2.45, 2.75) is 30.5 Å². The van der Waals surface area contributed by atoms with Gasteiger partial charge in [-0.1, -0.05) is 18.2 Å². The Morgan fingerprint density at radius 2 is 1.97 bits per heavy atom. The number of nitrogens with one attached hydrogen (secondary N) is 1. The van der Waals surface area contributed by atoms with Crippen LogP contribution in [0.3, 0.4) is 0 Å². The van der Waals surface area contributed by atoms with Crippen LogP contribution in [-0.4, -0.2) is 50.3 Å². The number of benzene rings is 2. The number of rotatable bonds is 7. The summed E-state index contributed by atoms with van der Waals surface area (Å²) < 4.78 is 46.8. The zero-order valence-electron chi connectivity index (χ0n) is 20.5. The molecule has 4 aromatic rings. The highest BCUT2D eigenvalue weighted by Crippen LogP contribution is 2.30. The lowest BCUT2D eigenvalue weighted by molar-refractivity contribution is -0.124. The van der Waals surface area contributed by atoms with E-state index < -0.39 is 21.9 Å². The predicted octanol–water partition coefficient (Wildman–Crippen LogP) is 4.17. The fourth-order valence-electron chi connectivity index (χ4n) is 4.51. The van der Waals surface area contributed by atoms with Gasteiger partial charge in [-0.25, -0.2) is 17.8 Å². The van der Waals surface area contributed by atoms with Crippen molar-refractivity contribution in [2.75, 3.05) is 25.5 Å². The fourth-order valence-corrected chi connectivity index (χ4v) is 6.12. The maximum absolute atomic E-state index is 13.5. The van der Waals surface area contributed by atoms with Gasteiger partial charge >= 0.3 is 0 Å². The molecular formula is C27H27FN4O4S. The summed E-state index contributed by atoms with van der Waals surface area (Å²) in [5.41, 5.74) is 3.08. The van der Waals surface area contributed by atoms with Gasteiger partial charge in [0.1, 0.15) is 23.3 Å². The van der Waals surface area contributed by atoms with Crippen LogP contribution in [0.5, 0.6) is 0 Å². The van der Waals surface area contributed by atoms with Crippen LogP contribution in [0, 0.1) is 5.82 Å². The zero-order valence-corrected chi connectivity index (χ0v) is 21.3. The van der Waals surface area contributed by atoms with Gasteiger partial charge in [-0.15, -0.1) is 0 Å². The van der Waals surface area contributed by atoms with Crippen molar-refractivity contribution in [2.24, 2.45) is 0 Å². The van der Waals surface area contributed by atoms with Crippen LogP contribution >= 0.6 is 0 Å². The first-order valence-electron chi connectivity index (χ1n) is 11.9. The Kier molecular flexibility index (Phi) is 6.70. The maximum atomic E-state index is 13.5. The molecule has 1 unspecified atom stereocenters. The number of aromatic nitrogens is 1. The number of hydrogen-bond donors (Lipinski definition) is 1. The van der Waals surface area contributed by atoms with Gasteiger partial charge in [0.25, 0.3) is 10.0 Å². The summed E-state index contributed by atoms with van der Waals surface area (Å²) in [7, 11) is -0.209. The van der Waals surface area contributed by atoms with E-state index in [1.54, 1.807) is 6.20 Å². The maximum Gasteiger partial charge on any atom is 0.277 e. The van der Waals surface area contributed by atoms with E-state index in [2.05, 4.69) is 10.3 Å². The van der Waals surface area contributed by atoms with Crippen molar-refractivity contribution in [3.8, 4) is 11.1 Å². The standard InChI is InChI=1S/C27H27FN4O4S/c1-31(2)25-11-8-20(17-29-25)19-6-3-5-18(13-19)16-30-27(33)23-7-4-12-32(23)37(34,35)26-15-21-14-22(28)9-10-24(21)36-26/h3,5-6,8-11,13-15,17,23H,4,7,12,16H2,1-2H3,(H,30,33). The Morgan fingerprint density at radius 1 is 1.14 bits per heavy atom. The summed E-state index contributed by atoms with van der Waals surface area (Å²) in [6.45, 7) is 0.460. The molecule has 1 aliphatic heterocycles. The minimum absolute atomic E-state index is 0.206. The monoisotopic (exact) mass is 522 g/mol. The summed E-state index contributed by atoms with van der Waals surface area (Å²) in [5, 5.41) is 2.94. The van der Waals surface area contributed by atoms with Gasteiger partial charge in [-0.05, 0) is 60.4 Å². The van der Waals surface area contributed by atoms with Crippen LogP contribution < -0.4 is 10.2 Å². The highest BCUT2D eigenvalue weighted by Gasteiger charge is 2.41. The first-order chi connectivity index (χ1) is 17.7. The number of halogens is 1.